The number of H-pyrrole nitrogens is 1. The van der Waals surface area contributed by atoms with Crippen molar-refractivity contribution in [1.82, 2.24) is 19.9 Å². The Kier molecular flexibility index (Phi) is 9.72. The number of anilines is 1. The molecule has 3 aromatic carbocycles. The van der Waals surface area contributed by atoms with E-state index in [1.165, 1.54) is 0 Å². The van der Waals surface area contributed by atoms with Crippen LogP contribution >= 0.6 is 23.2 Å². The molecule has 1 atom stereocenters. The Hall–Kier alpha value is -4.19. The van der Waals surface area contributed by atoms with E-state index in [9.17, 15) is 5.11 Å². The minimum absolute atomic E-state index is 0.0566. The van der Waals surface area contributed by atoms with Crippen LogP contribution in [-0.2, 0) is 16.1 Å². The molecule has 6 rings (SSSR count). The molecule has 5 aromatic rings. The third-order valence-corrected chi connectivity index (χ3v) is 7.72. The summed E-state index contributed by atoms with van der Waals surface area (Å²) in [4.78, 5) is 17.3. The van der Waals surface area contributed by atoms with Crippen LogP contribution in [-0.4, -0.2) is 63.3 Å². The smallest absolute Gasteiger partial charge is 0.223 e. The molecule has 1 aliphatic rings. The first-order valence-electron chi connectivity index (χ1n) is 14.8. The van der Waals surface area contributed by atoms with Crippen LogP contribution in [0.25, 0.3) is 34.0 Å². The van der Waals surface area contributed by atoms with Crippen molar-refractivity contribution >= 4 is 29.2 Å². The lowest BCUT2D eigenvalue weighted by molar-refractivity contribution is -0.141. The van der Waals surface area contributed by atoms with Crippen molar-refractivity contribution in [3.63, 3.8) is 0 Å². The molecule has 238 valence electrons. The Balaban J connectivity index is 1.33. The van der Waals surface area contributed by atoms with Gasteiger partial charge in [0.2, 0.25) is 5.95 Å². The molecule has 3 N–H and O–H groups in total. The number of halogens is 2. The Labute approximate surface area is 276 Å². The average Bonchev–Trinajstić information content (AvgIpc) is 3.65. The highest BCUT2D eigenvalue weighted by molar-refractivity contribution is 6.39. The van der Waals surface area contributed by atoms with Crippen molar-refractivity contribution in [2.24, 2.45) is 0 Å². The molecule has 0 bridgehead atoms. The summed E-state index contributed by atoms with van der Waals surface area (Å²) in [6.45, 7) is 5.12. The Morgan fingerprint density at radius 3 is 2.52 bits per heavy atom. The van der Waals surface area contributed by atoms with Crippen molar-refractivity contribution in [2.45, 2.75) is 32.3 Å². The summed E-state index contributed by atoms with van der Waals surface area (Å²) in [5.74, 6) is 1.35. The molecule has 12 heteroatoms. The van der Waals surface area contributed by atoms with Gasteiger partial charge in [0.1, 0.15) is 36.6 Å². The molecule has 0 radical (unpaired) electrons. The van der Waals surface area contributed by atoms with Gasteiger partial charge in [-0.05, 0) is 49.7 Å². The van der Waals surface area contributed by atoms with Gasteiger partial charge in [-0.15, -0.1) is 0 Å². The van der Waals surface area contributed by atoms with Gasteiger partial charge < -0.3 is 34.4 Å². The van der Waals surface area contributed by atoms with Gasteiger partial charge in [-0.25, -0.2) is 15.0 Å². The SMILES string of the molecule is CC1(C)OC[C@@H](COc2cc(Cl)c(-c3nc(-c4cccc(OCc5ccccc5)c4)c(-c4ccnc(NCCO)n4)[nH]3)c(Cl)c2)O1. The molecule has 0 unspecified atom stereocenters. The summed E-state index contributed by atoms with van der Waals surface area (Å²) in [5, 5.41) is 13.0. The number of rotatable bonds is 12. The Bertz CT molecular complexity index is 1780. The highest BCUT2D eigenvalue weighted by Gasteiger charge is 2.33. The highest BCUT2D eigenvalue weighted by atomic mass is 35.5. The van der Waals surface area contributed by atoms with Crippen molar-refractivity contribution < 1.29 is 24.1 Å². The van der Waals surface area contributed by atoms with Crippen LogP contribution in [0.3, 0.4) is 0 Å². The van der Waals surface area contributed by atoms with Gasteiger partial charge >= 0.3 is 0 Å². The molecule has 3 heterocycles. The molecule has 1 fully saturated rings. The molecule has 0 saturated carbocycles. The van der Waals surface area contributed by atoms with Gasteiger partial charge in [0.25, 0.3) is 0 Å². The van der Waals surface area contributed by atoms with E-state index in [-0.39, 0.29) is 19.3 Å². The summed E-state index contributed by atoms with van der Waals surface area (Å²) in [5.41, 5.74) is 4.17. The number of aromatic amines is 1. The normalized spacial score (nSPS) is 15.5. The van der Waals surface area contributed by atoms with Crippen LogP contribution in [0.4, 0.5) is 5.95 Å². The second kappa shape index (κ2) is 14.1. The summed E-state index contributed by atoms with van der Waals surface area (Å²) >= 11 is 13.6. The number of aromatic nitrogens is 4. The first-order chi connectivity index (χ1) is 22.3. The van der Waals surface area contributed by atoms with Crippen LogP contribution in [0, 0.1) is 0 Å². The maximum atomic E-state index is 9.27. The van der Waals surface area contributed by atoms with Crippen molar-refractivity contribution in [1.29, 1.82) is 0 Å². The number of nitrogens with zero attached hydrogens (tertiary/aromatic N) is 3. The topological polar surface area (TPSA) is 124 Å². The van der Waals surface area contributed by atoms with E-state index in [0.29, 0.717) is 75.7 Å². The van der Waals surface area contributed by atoms with Crippen LogP contribution in [0.15, 0.2) is 79.0 Å². The number of ether oxygens (including phenoxy) is 4. The summed E-state index contributed by atoms with van der Waals surface area (Å²) in [6.07, 6.45) is 1.43. The molecule has 0 aliphatic carbocycles. The molecule has 0 amide bonds. The fraction of sp³-hybridized carbons (Fsp3) is 0.265. The molecule has 2 aromatic heterocycles. The third kappa shape index (κ3) is 7.60. The van der Waals surface area contributed by atoms with Gasteiger partial charge in [0.15, 0.2) is 5.79 Å². The number of nitrogens with one attached hydrogen (secondary N) is 2. The minimum Gasteiger partial charge on any atom is -0.491 e. The van der Waals surface area contributed by atoms with Crippen LogP contribution in [0.2, 0.25) is 10.0 Å². The van der Waals surface area contributed by atoms with Gasteiger partial charge in [0.05, 0.1) is 45.9 Å². The maximum absolute atomic E-state index is 9.27. The minimum atomic E-state index is -0.644. The quantitative estimate of drug-likeness (QED) is 0.129. The number of benzene rings is 3. The first kappa shape index (κ1) is 31.8. The van der Waals surface area contributed by atoms with Gasteiger partial charge in [-0.1, -0.05) is 65.7 Å². The monoisotopic (exact) mass is 661 g/mol. The van der Waals surface area contributed by atoms with Gasteiger partial charge in [0, 0.05) is 18.3 Å². The zero-order chi connectivity index (χ0) is 32.1. The van der Waals surface area contributed by atoms with Crippen LogP contribution < -0.4 is 14.8 Å². The van der Waals surface area contributed by atoms with Gasteiger partial charge in [-0.3, -0.25) is 0 Å². The van der Waals surface area contributed by atoms with E-state index >= 15 is 0 Å². The lowest BCUT2D eigenvalue weighted by Gasteiger charge is -2.17. The molecule has 10 nitrogen and oxygen atoms in total. The zero-order valence-electron chi connectivity index (χ0n) is 25.3. The van der Waals surface area contributed by atoms with E-state index in [1.807, 2.05) is 68.4 Å². The van der Waals surface area contributed by atoms with Gasteiger partial charge in [-0.2, -0.15) is 0 Å². The van der Waals surface area contributed by atoms with Crippen molar-refractivity contribution in [2.75, 3.05) is 31.7 Å². The fourth-order valence-corrected chi connectivity index (χ4v) is 5.65. The number of imidazole rings is 1. The predicted molar refractivity (Wildman–Crippen MR) is 177 cm³/mol. The van der Waals surface area contributed by atoms with Crippen LogP contribution in [0.1, 0.15) is 19.4 Å². The number of aliphatic hydroxyl groups excluding tert-OH is 1. The van der Waals surface area contributed by atoms with Crippen LogP contribution in [0.5, 0.6) is 11.5 Å². The Morgan fingerprint density at radius 1 is 0.978 bits per heavy atom. The second-order valence-corrected chi connectivity index (χ2v) is 11.9. The molecule has 1 aliphatic heterocycles. The Morgan fingerprint density at radius 2 is 1.78 bits per heavy atom. The van der Waals surface area contributed by atoms with E-state index in [1.54, 1.807) is 24.4 Å². The lowest BCUT2D eigenvalue weighted by atomic mass is 10.1. The summed E-state index contributed by atoms with van der Waals surface area (Å²) in [6, 6.07) is 22.8. The van der Waals surface area contributed by atoms with E-state index in [2.05, 4.69) is 20.3 Å². The summed E-state index contributed by atoms with van der Waals surface area (Å²) < 4.78 is 23.5. The van der Waals surface area contributed by atoms with Crippen molar-refractivity contribution in [3.8, 4) is 45.5 Å². The average molecular weight is 663 g/mol. The highest BCUT2D eigenvalue weighted by Crippen LogP contribution is 2.41. The third-order valence-electron chi connectivity index (χ3n) is 7.12. The second-order valence-electron chi connectivity index (χ2n) is 11.1. The predicted octanol–water partition coefficient (Wildman–Crippen LogP) is 7.02. The van der Waals surface area contributed by atoms with Crippen molar-refractivity contribution in [3.05, 3.63) is 94.6 Å². The molecule has 1 saturated heterocycles. The maximum Gasteiger partial charge on any atom is 0.223 e. The number of hydrogen-bond acceptors (Lipinski definition) is 9. The van der Waals surface area contributed by atoms with E-state index in [0.717, 1.165) is 11.1 Å². The standard InChI is InChI=1S/C34H33Cl2N5O5/c1-34(2)45-20-25(46-34)19-44-24-16-26(35)29(27(36)17-24)32-40-30(31(41-32)28-11-12-37-33(39-28)38-13-14-42)22-9-6-10-23(15-22)43-18-21-7-4-3-5-8-21/h3-12,15-17,25,42H,13-14,18-20H2,1-2H3,(H,40,41)(H,37,38,39)/t25-/m1/s1. The van der Waals surface area contributed by atoms with E-state index in [4.69, 9.17) is 47.1 Å². The molecule has 0 spiro atoms. The molecule has 46 heavy (non-hydrogen) atoms. The molecular weight excluding hydrogens is 629 g/mol. The van der Waals surface area contributed by atoms with E-state index < -0.39 is 5.79 Å². The number of aliphatic hydroxyl groups is 1. The largest absolute Gasteiger partial charge is 0.491 e. The lowest BCUT2D eigenvalue weighted by Crippen LogP contribution is -2.25. The number of hydrogen-bond donors (Lipinski definition) is 3. The first-order valence-corrected chi connectivity index (χ1v) is 15.5. The molecular formula is C34H33Cl2N5O5. The summed E-state index contributed by atoms with van der Waals surface area (Å²) in [7, 11) is 0. The fourth-order valence-electron chi connectivity index (χ4n) is 5.00. The zero-order valence-corrected chi connectivity index (χ0v) is 26.8.